The van der Waals surface area contributed by atoms with Gasteiger partial charge in [0.1, 0.15) is 24.9 Å². The molecule has 1 atom stereocenters. The summed E-state index contributed by atoms with van der Waals surface area (Å²) in [7, 11) is -2.38. The van der Waals surface area contributed by atoms with E-state index in [0.29, 0.717) is 28.0 Å². The third kappa shape index (κ3) is 7.86. The molecule has 3 aromatic carbocycles. The third-order valence-corrected chi connectivity index (χ3v) is 7.68. The lowest BCUT2D eigenvalue weighted by Gasteiger charge is -2.31. The maximum Gasteiger partial charge on any atom is 0.244 e. The molecule has 1 N–H and O–H groups in total. The molecule has 0 heterocycles. The number of likely N-dealkylation sites (N-methyl/N-ethyl adjacent to an activating group) is 1. The van der Waals surface area contributed by atoms with E-state index in [9.17, 15) is 18.0 Å². The molecule has 0 radical (unpaired) electrons. The van der Waals surface area contributed by atoms with Crippen LogP contribution in [0.15, 0.2) is 72.8 Å². The number of benzene rings is 3. The molecule has 11 heteroatoms. The van der Waals surface area contributed by atoms with Gasteiger partial charge >= 0.3 is 0 Å². The van der Waals surface area contributed by atoms with Gasteiger partial charge in [0.2, 0.25) is 21.8 Å². The number of carbonyl (C=O) groups excluding carboxylic acids is 2. The van der Waals surface area contributed by atoms with Gasteiger partial charge in [-0.15, -0.1) is 0 Å². The van der Waals surface area contributed by atoms with Crippen molar-refractivity contribution in [3.8, 4) is 5.75 Å². The lowest BCUT2D eigenvalue weighted by molar-refractivity contribution is -0.139. The lowest BCUT2D eigenvalue weighted by atomic mass is 10.1. The summed E-state index contributed by atoms with van der Waals surface area (Å²) in [6.07, 6.45) is 1.02. The van der Waals surface area contributed by atoms with Crippen molar-refractivity contribution < 1.29 is 22.7 Å². The second kappa shape index (κ2) is 13.0. The van der Waals surface area contributed by atoms with Gasteiger partial charge in [0.15, 0.2) is 0 Å². The van der Waals surface area contributed by atoms with Crippen molar-refractivity contribution in [1.82, 2.24) is 10.2 Å². The molecule has 0 spiro atoms. The van der Waals surface area contributed by atoms with Gasteiger partial charge in [-0.25, -0.2) is 8.42 Å². The van der Waals surface area contributed by atoms with Crippen molar-refractivity contribution in [2.24, 2.45) is 0 Å². The molecule has 0 saturated heterocycles. The quantitative estimate of drug-likeness (QED) is 0.362. The van der Waals surface area contributed by atoms with E-state index in [1.54, 1.807) is 49.4 Å². The Hall–Kier alpha value is -3.27. The van der Waals surface area contributed by atoms with Crippen LogP contribution >= 0.6 is 23.2 Å². The maximum atomic E-state index is 13.5. The zero-order valence-electron chi connectivity index (χ0n) is 21.2. The molecular weight excluding hydrogens is 549 g/mol. The number of rotatable bonds is 11. The van der Waals surface area contributed by atoms with Crippen molar-refractivity contribution >= 4 is 50.7 Å². The topological polar surface area (TPSA) is 96.0 Å². The largest absolute Gasteiger partial charge is 0.489 e. The fourth-order valence-electron chi connectivity index (χ4n) is 3.69. The zero-order valence-corrected chi connectivity index (χ0v) is 23.6. The number of anilines is 1. The minimum Gasteiger partial charge on any atom is -0.489 e. The molecule has 0 aliphatic carbocycles. The van der Waals surface area contributed by atoms with Crippen molar-refractivity contribution in [2.45, 2.75) is 26.1 Å². The second-order valence-electron chi connectivity index (χ2n) is 8.60. The van der Waals surface area contributed by atoms with Crippen LogP contribution in [-0.4, -0.2) is 51.0 Å². The van der Waals surface area contributed by atoms with Gasteiger partial charge in [0, 0.05) is 13.6 Å². The first-order valence-corrected chi connectivity index (χ1v) is 14.3. The standard InChI is InChI=1S/C27H29Cl2N3O5S/c1-19(27(34)30-2)31(16-21-9-14-24(28)25(29)15-21)26(33)17-32(38(3,35)36)22-10-12-23(13-11-22)37-18-20-7-5-4-6-8-20/h4-15,19H,16-18H2,1-3H3,(H,30,34). The summed E-state index contributed by atoms with van der Waals surface area (Å²) >= 11 is 12.1. The van der Waals surface area contributed by atoms with Crippen LogP contribution in [0.2, 0.25) is 10.0 Å². The summed E-state index contributed by atoms with van der Waals surface area (Å²) in [5.74, 6) is -0.418. The van der Waals surface area contributed by atoms with Crippen molar-refractivity contribution in [2.75, 3.05) is 24.2 Å². The summed E-state index contributed by atoms with van der Waals surface area (Å²) in [4.78, 5) is 27.2. The van der Waals surface area contributed by atoms with Gasteiger partial charge in [-0.05, 0) is 54.4 Å². The lowest BCUT2D eigenvalue weighted by Crippen LogP contribution is -2.50. The average molecular weight is 579 g/mol. The van der Waals surface area contributed by atoms with Gasteiger partial charge in [-0.3, -0.25) is 13.9 Å². The van der Waals surface area contributed by atoms with Crippen LogP contribution in [-0.2, 0) is 32.8 Å². The molecule has 3 aromatic rings. The number of sulfonamides is 1. The van der Waals surface area contributed by atoms with Gasteiger partial charge < -0.3 is 15.0 Å². The fourth-order valence-corrected chi connectivity index (χ4v) is 4.86. The Bertz CT molecular complexity index is 1370. The summed E-state index contributed by atoms with van der Waals surface area (Å²) in [6.45, 7) is 1.44. The van der Waals surface area contributed by atoms with Gasteiger partial charge in [0.25, 0.3) is 0 Å². The Morgan fingerprint density at radius 1 is 0.947 bits per heavy atom. The number of ether oxygens (including phenoxy) is 1. The van der Waals surface area contributed by atoms with E-state index in [4.69, 9.17) is 27.9 Å². The molecular formula is C27H29Cl2N3O5S. The minimum atomic E-state index is -3.85. The number of amides is 2. The molecule has 1 unspecified atom stereocenters. The number of hydrogen-bond donors (Lipinski definition) is 1. The number of nitrogens with zero attached hydrogens (tertiary/aromatic N) is 2. The van der Waals surface area contributed by atoms with E-state index in [-0.39, 0.29) is 12.2 Å². The van der Waals surface area contributed by atoms with Crippen LogP contribution in [0.25, 0.3) is 0 Å². The van der Waals surface area contributed by atoms with Crippen LogP contribution in [0.4, 0.5) is 5.69 Å². The monoisotopic (exact) mass is 577 g/mol. The summed E-state index contributed by atoms with van der Waals surface area (Å²) in [5, 5.41) is 3.18. The number of carbonyl (C=O) groups is 2. The van der Waals surface area contributed by atoms with Gasteiger partial charge in [-0.2, -0.15) is 0 Å². The van der Waals surface area contributed by atoms with Crippen molar-refractivity contribution in [3.63, 3.8) is 0 Å². The highest BCUT2D eigenvalue weighted by atomic mass is 35.5. The summed E-state index contributed by atoms with van der Waals surface area (Å²) < 4.78 is 32.2. The third-order valence-electron chi connectivity index (χ3n) is 5.80. The van der Waals surface area contributed by atoms with Crippen LogP contribution in [0.5, 0.6) is 5.75 Å². The second-order valence-corrected chi connectivity index (χ2v) is 11.3. The van der Waals surface area contributed by atoms with E-state index < -0.39 is 34.4 Å². The van der Waals surface area contributed by atoms with E-state index in [1.807, 2.05) is 30.3 Å². The first-order chi connectivity index (χ1) is 18.0. The molecule has 0 saturated carbocycles. The summed E-state index contributed by atoms with van der Waals surface area (Å²) in [6, 6.07) is 20.1. The highest BCUT2D eigenvalue weighted by Crippen LogP contribution is 2.25. The Morgan fingerprint density at radius 2 is 1.61 bits per heavy atom. The molecule has 0 aliphatic rings. The smallest absolute Gasteiger partial charge is 0.244 e. The predicted molar refractivity (Wildman–Crippen MR) is 150 cm³/mol. The molecule has 0 bridgehead atoms. The fraction of sp³-hybridized carbons (Fsp3) is 0.259. The number of hydrogen-bond acceptors (Lipinski definition) is 5. The SMILES string of the molecule is CNC(=O)C(C)N(Cc1ccc(Cl)c(Cl)c1)C(=O)CN(c1ccc(OCc2ccccc2)cc1)S(C)(=O)=O. The van der Waals surface area contributed by atoms with Crippen molar-refractivity contribution in [1.29, 1.82) is 0 Å². The number of nitrogens with one attached hydrogen (secondary N) is 1. The Morgan fingerprint density at radius 3 is 2.18 bits per heavy atom. The van der Waals surface area contributed by atoms with Gasteiger partial charge in [0.05, 0.1) is 22.0 Å². The van der Waals surface area contributed by atoms with E-state index >= 15 is 0 Å². The van der Waals surface area contributed by atoms with Gasteiger partial charge in [-0.1, -0.05) is 59.6 Å². The number of halogens is 2. The Balaban J connectivity index is 1.82. The maximum absolute atomic E-state index is 13.5. The first-order valence-electron chi connectivity index (χ1n) is 11.7. The highest BCUT2D eigenvalue weighted by Gasteiger charge is 2.29. The molecule has 3 rings (SSSR count). The predicted octanol–water partition coefficient (Wildman–Crippen LogP) is 4.50. The molecule has 8 nitrogen and oxygen atoms in total. The van der Waals surface area contributed by atoms with E-state index in [1.165, 1.54) is 11.9 Å². The Kier molecular flexibility index (Phi) is 10.0. The van der Waals surface area contributed by atoms with Crippen molar-refractivity contribution in [3.05, 3.63) is 94.0 Å². The van der Waals surface area contributed by atoms with Crippen LogP contribution in [0.3, 0.4) is 0 Å². The van der Waals surface area contributed by atoms with E-state index in [0.717, 1.165) is 16.1 Å². The molecule has 2 amide bonds. The summed E-state index contributed by atoms with van der Waals surface area (Å²) in [5.41, 5.74) is 1.91. The normalized spacial score (nSPS) is 11.9. The van der Waals surface area contributed by atoms with Crippen LogP contribution < -0.4 is 14.4 Å². The minimum absolute atomic E-state index is 0.0220. The Labute approximate surface area is 233 Å². The van der Waals surface area contributed by atoms with Crippen LogP contribution in [0, 0.1) is 0 Å². The molecule has 202 valence electrons. The van der Waals surface area contributed by atoms with E-state index in [2.05, 4.69) is 5.32 Å². The first kappa shape index (κ1) is 29.3. The molecule has 0 aliphatic heterocycles. The average Bonchev–Trinajstić information content (AvgIpc) is 2.90. The highest BCUT2D eigenvalue weighted by molar-refractivity contribution is 7.92. The molecule has 38 heavy (non-hydrogen) atoms. The molecule has 0 aromatic heterocycles. The molecule has 0 fully saturated rings. The zero-order chi connectivity index (χ0) is 27.9. The van der Waals surface area contributed by atoms with Crippen LogP contribution in [0.1, 0.15) is 18.1 Å².